The Morgan fingerprint density at radius 3 is 2.59 bits per heavy atom. The Kier molecular flexibility index (Phi) is 4.24. The fourth-order valence-corrected chi connectivity index (χ4v) is 2.95. The maximum atomic E-state index is 12.9. The van der Waals surface area contributed by atoms with Crippen LogP contribution in [0.3, 0.4) is 0 Å². The number of amides is 1. The van der Waals surface area contributed by atoms with Gasteiger partial charge in [-0.25, -0.2) is 0 Å². The number of nitrogens with zero attached hydrogens (tertiary/aromatic N) is 2. The van der Waals surface area contributed by atoms with Crippen LogP contribution in [0.25, 0.3) is 11.3 Å². The highest BCUT2D eigenvalue weighted by Gasteiger charge is 2.29. The standard InChI is InChI=1S/C17H21N3O2/c1-3-19-9-11-20(12-10-19)17(21)15-13(2)22-18-16(15)14-7-5-4-6-8-14/h4-8H,3,9-12H2,1-2H3/p+1. The number of rotatable bonds is 3. The first-order valence-electron chi connectivity index (χ1n) is 7.85. The molecule has 5 heteroatoms. The maximum absolute atomic E-state index is 12.9. The molecule has 1 amide bonds. The van der Waals surface area contributed by atoms with E-state index in [1.54, 1.807) is 11.8 Å². The normalized spacial score (nSPS) is 16.0. The van der Waals surface area contributed by atoms with E-state index < -0.39 is 0 Å². The number of nitrogens with one attached hydrogen (secondary N) is 1. The Labute approximate surface area is 130 Å². The number of carbonyl (C=O) groups is 1. The zero-order chi connectivity index (χ0) is 15.5. The van der Waals surface area contributed by atoms with Crippen molar-refractivity contribution in [2.45, 2.75) is 13.8 Å². The summed E-state index contributed by atoms with van der Waals surface area (Å²) in [5, 5.41) is 4.11. The molecule has 1 aromatic carbocycles. The molecular formula is C17H22N3O2+. The van der Waals surface area contributed by atoms with Crippen molar-refractivity contribution in [3.05, 3.63) is 41.7 Å². The lowest BCUT2D eigenvalue weighted by atomic mass is 10.0. The Bertz CT molecular complexity index is 643. The molecule has 0 unspecified atom stereocenters. The summed E-state index contributed by atoms with van der Waals surface area (Å²) in [6.45, 7) is 8.70. The van der Waals surface area contributed by atoms with E-state index in [4.69, 9.17) is 4.52 Å². The van der Waals surface area contributed by atoms with Crippen molar-refractivity contribution in [1.82, 2.24) is 10.1 Å². The van der Waals surface area contributed by atoms with Crippen LogP contribution in [-0.4, -0.2) is 48.7 Å². The highest BCUT2D eigenvalue weighted by molar-refractivity contribution is 6.00. The van der Waals surface area contributed by atoms with E-state index in [2.05, 4.69) is 12.1 Å². The van der Waals surface area contributed by atoms with E-state index in [1.165, 1.54) is 0 Å². The molecule has 1 aliphatic heterocycles. The minimum absolute atomic E-state index is 0.0350. The molecular weight excluding hydrogens is 278 g/mol. The van der Waals surface area contributed by atoms with Crippen molar-refractivity contribution >= 4 is 5.91 Å². The monoisotopic (exact) mass is 300 g/mol. The molecule has 1 N–H and O–H groups in total. The Balaban J connectivity index is 1.86. The third-order valence-corrected chi connectivity index (χ3v) is 4.38. The molecule has 2 heterocycles. The van der Waals surface area contributed by atoms with E-state index in [1.807, 2.05) is 35.2 Å². The van der Waals surface area contributed by atoms with Crippen LogP contribution in [0.5, 0.6) is 0 Å². The van der Waals surface area contributed by atoms with E-state index >= 15 is 0 Å². The smallest absolute Gasteiger partial charge is 0.260 e. The van der Waals surface area contributed by atoms with Gasteiger partial charge in [0.1, 0.15) is 17.0 Å². The Hall–Kier alpha value is -2.14. The van der Waals surface area contributed by atoms with Gasteiger partial charge in [-0.3, -0.25) is 4.79 Å². The lowest BCUT2D eigenvalue weighted by Gasteiger charge is -2.31. The zero-order valence-corrected chi connectivity index (χ0v) is 13.1. The first-order valence-corrected chi connectivity index (χ1v) is 7.85. The second kappa shape index (κ2) is 6.32. The van der Waals surface area contributed by atoms with Crippen LogP contribution in [0.1, 0.15) is 23.0 Å². The van der Waals surface area contributed by atoms with Gasteiger partial charge in [-0.05, 0) is 13.8 Å². The van der Waals surface area contributed by atoms with Gasteiger partial charge in [0.25, 0.3) is 5.91 Å². The van der Waals surface area contributed by atoms with E-state index in [-0.39, 0.29) is 5.91 Å². The molecule has 0 atom stereocenters. The topological polar surface area (TPSA) is 50.8 Å². The SMILES string of the molecule is CC[NH+]1CCN(C(=O)c2c(-c3ccccc3)noc2C)CC1. The van der Waals surface area contributed by atoms with Gasteiger partial charge >= 0.3 is 0 Å². The average molecular weight is 300 g/mol. The molecule has 1 saturated heterocycles. The number of benzene rings is 1. The van der Waals surface area contributed by atoms with E-state index in [9.17, 15) is 4.79 Å². The summed E-state index contributed by atoms with van der Waals surface area (Å²) in [4.78, 5) is 16.4. The minimum atomic E-state index is 0.0350. The third kappa shape index (κ3) is 2.76. The molecule has 1 fully saturated rings. The van der Waals surface area contributed by atoms with Gasteiger partial charge in [0, 0.05) is 5.56 Å². The van der Waals surface area contributed by atoms with Crippen molar-refractivity contribution in [1.29, 1.82) is 0 Å². The second-order valence-electron chi connectivity index (χ2n) is 5.72. The van der Waals surface area contributed by atoms with Gasteiger partial charge in [-0.2, -0.15) is 0 Å². The molecule has 0 saturated carbocycles. The number of hydrogen-bond acceptors (Lipinski definition) is 3. The Morgan fingerprint density at radius 2 is 1.95 bits per heavy atom. The van der Waals surface area contributed by atoms with Crippen molar-refractivity contribution in [2.75, 3.05) is 32.7 Å². The first kappa shape index (κ1) is 14.8. The molecule has 0 spiro atoms. The van der Waals surface area contributed by atoms with Gasteiger partial charge in [0.05, 0.1) is 32.7 Å². The maximum Gasteiger partial charge on any atom is 0.260 e. The fraction of sp³-hybridized carbons (Fsp3) is 0.412. The largest absolute Gasteiger partial charge is 0.360 e. The van der Waals surface area contributed by atoms with Crippen molar-refractivity contribution in [3.8, 4) is 11.3 Å². The lowest BCUT2D eigenvalue weighted by Crippen LogP contribution is -3.14. The molecule has 116 valence electrons. The first-order chi connectivity index (χ1) is 10.7. The van der Waals surface area contributed by atoms with Crippen LogP contribution < -0.4 is 4.90 Å². The molecule has 0 bridgehead atoms. The molecule has 1 aromatic heterocycles. The van der Waals surface area contributed by atoms with Crippen molar-refractivity contribution < 1.29 is 14.2 Å². The van der Waals surface area contributed by atoms with Crippen molar-refractivity contribution in [3.63, 3.8) is 0 Å². The summed E-state index contributed by atoms with van der Waals surface area (Å²) in [5.74, 6) is 0.627. The fourth-order valence-electron chi connectivity index (χ4n) is 2.95. The molecule has 3 rings (SSSR count). The number of piperazine rings is 1. The van der Waals surface area contributed by atoms with Gasteiger partial charge in [-0.1, -0.05) is 35.5 Å². The predicted molar refractivity (Wildman–Crippen MR) is 83.8 cm³/mol. The van der Waals surface area contributed by atoms with Crippen LogP contribution in [0.15, 0.2) is 34.9 Å². The highest BCUT2D eigenvalue weighted by Crippen LogP contribution is 2.26. The minimum Gasteiger partial charge on any atom is -0.360 e. The van der Waals surface area contributed by atoms with Crippen LogP contribution in [0.2, 0.25) is 0 Å². The Morgan fingerprint density at radius 1 is 1.27 bits per heavy atom. The van der Waals surface area contributed by atoms with Gasteiger partial charge in [0.15, 0.2) is 0 Å². The second-order valence-corrected chi connectivity index (χ2v) is 5.72. The van der Waals surface area contributed by atoms with Crippen LogP contribution in [-0.2, 0) is 0 Å². The highest BCUT2D eigenvalue weighted by atomic mass is 16.5. The van der Waals surface area contributed by atoms with Gasteiger partial charge < -0.3 is 14.3 Å². The predicted octanol–water partition coefficient (Wildman–Crippen LogP) is 1.01. The molecule has 5 nitrogen and oxygen atoms in total. The van der Waals surface area contributed by atoms with Crippen LogP contribution in [0, 0.1) is 6.92 Å². The number of likely N-dealkylation sites (N-methyl/N-ethyl adjacent to an activating group) is 1. The molecule has 2 aromatic rings. The van der Waals surface area contributed by atoms with Gasteiger partial charge in [-0.15, -0.1) is 0 Å². The molecule has 22 heavy (non-hydrogen) atoms. The number of quaternary nitrogens is 1. The molecule has 0 aliphatic carbocycles. The summed E-state index contributed by atoms with van der Waals surface area (Å²) < 4.78 is 5.30. The number of hydrogen-bond donors (Lipinski definition) is 1. The number of aryl methyl sites for hydroxylation is 1. The average Bonchev–Trinajstić information content (AvgIpc) is 2.96. The summed E-state index contributed by atoms with van der Waals surface area (Å²) in [5.41, 5.74) is 2.17. The number of aromatic nitrogens is 1. The summed E-state index contributed by atoms with van der Waals surface area (Å²) in [6.07, 6.45) is 0. The quantitative estimate of drug-likeness (QED) is 0.920. The van der Waals surface area contributed by atoms with Crippen LogP contribution in [0.4, 0.5) is 0 Å². The zero-order valence-electron chi connectivity index (χ0n) is 13.1. The molecule has 0 radical (unpaired) electrons. The summed E-state index contributed by atoms with van der Waals surface area (Å²) >= 11 is 0. The van der Waals surface area contributed by atoms with Crippen LogP contribution >= 0.6 is 0 Å². The third-order valence-electron chi connectivity index (χ3n) is 4.38. The molecule has 1 aliphatic rings. The summed E-state index contributed by atoms with van der Waals surface area (Å²) in [7, 11) is 0. The van der Waals surface area contributed by atoms with Crippen molar-refractivity contribution in [2.24, 2.45) is 0 Å². The number of carbonyl (C=O) groups excluding carboxylic acids is 1. The van der Waals surface area contributed by atoms with E-state index in [0.29, 0.717) is 17.0 Å². The summed E-state index contributed by atoms with van der Waals surface area (Å²) in [6, 6.07) is 9.74. The lowest BCUT2D eigenvalue weighted by molar-refractivity contribution is -0.902. The van der Waals surface area contributed by atoms with E-state index in [0.717, 1.165) is 38.3 Å². The van der Waals surface area contributed by atoms with Gasteiger partial charge in [0.2, 0.25) is 0 Å².